The van der Waals surface area contributed by atoms with E-state index in [4.69, 9.17) is 5.73 Å². The summed E-state index contributed by atoms with van der Waals surface area (Å²) < 4.78 is 0. The maximum absolute atomic E-state index is 12.1. The average Bonchev–Trinajstić information content (AvgIpc) is 2.89. The first-order chi connectivity index (χ1) is 9.17. The van der Waals surface area contributed by atoms with Crippen molar-refractivity contribution < 1.29 is 4.79 Å². The Balaban J connectivity index is 2.23. The summed E-state index contributed by atoms with van der Waals surface area (Å²) in [6.07, 6.45) is 10.5. The highest BCUT2D eigenvalue weighted by Crippen LogP contribution is 2.25. The van der Waals surface area contributed by atoms with Crippen molar-refractivity contribution in [3.63, 3.8) is 0 Å². The third kappa shape index (κ3) is 6.42. The number of amides is 1. The van der Waals surface area contributed by atoms with E-state index in [1.54, 1.807) is 0 Å². The number of nitrogens with two attached hydrogens (primary N) is 1. The van der Waals surface area contributed by atoms with Crippen molar-refractivity contribution in [2.45, 2.75) is 64.7 Å². The van der Waals surface area contributed by atoms with Crippen molar-refractivity contribution in [3.8, 4) is 0 Å². The molecule has 1 aliphatic rings. The lowest BCUT2D eigenvalue weighted by Gasteiger charge is -2.22. The Morgan fingerprint density at radius 3 is 2.53 bits per heavy atom. The molecule has 3 heteroatoms. The molecular weight excluding hydrogens is 236 g/mol. The second-order valence-electron chi connectivity index (χ2n) is 6.20. The Labute approximate surface area is 118 Å². The van der Waals surface area contributed by atoms with Gasteiger partial charge in [-0.1, -0.05) is 32.6 Å². The molecule has 1 rings (SSSR count). The topological polar surface area (TPSA) is 46.3 Å². The van der Waals surface area contributed by atoms with Crippen LogP contribution in [0.15, 0.2) is 0 Å². The molecule has 0 radical (unpaired) electrons. The highest BCUT2D eigenvalue weighted by atomic mass is 16.2. The van der Waals surface area contributed by atoms with Gasteiger partial charge in [0.2, 0.25) is 5.91 Å². The van der Waals surface area contributed by atoms with Crippen molar-refractivity contribution >= 4 is 5.91 Å². The van der Waals surface area contributed by atoms with Gasteiger partial charge in [-0.15, -0.1) is 0 Å². The molecule has 3 nitrogen and oxygen atoms in total. The molecule has 1 unspecified atom stereocenters. The minimum atomic E-state index is 0.324. The van der Waals surface area contributed by atoms with Gasteiger partial charge in [0.05, 0.1) is 0 Å². The van der Waals surface area contributed by atoms with Crippen LogP contribution in [-0.4, -0.2) is 30.9 Å². The summed E-state index contributed by atoms with van der Waals surface area (Å²) in [5.41, 5.74) is 5.64. The summed E-state index contributed by atoms with van der Waals surface area (Å²) in [6, 6.07) is 0. The summed E-state index contributed by atoms with van der Waals surface area (Å²) >= 11 is 0. The van der Waals surface area contributed by atoms with E-state index in [0.717, 1.165) is 31.8 Å². The largest absolute Gasteiger partial charge is 0.345 e. The molecule has 0 aliphatic heterocycles. The maximum atomic E-state index is 12.1. The number of hydrogen-bond donors (Lipinski definition) is 1. The van der Waals surface area contributed by atoms with Crippen LogP contribution in [0.1, 0.15) is 64.7 Å². The van der Waals surface area contributed by atoms with Crippen molar-refractivity contribution in [3.05, 3.63) is 0 Å². The summed E-state index contributed by atoms with van der Waals surface area (Å²) in [7, 11) is 1.97. The molecule has 0 saturated heterocycles. The molecule has 1 saturated carbocycles. The van der Waals surface area contributed by atoms with E-state index >= 15 is 0 Å². The Morgan fingerprint density at radius 1 is 1.26 bits per heavy atom. The lowest BCUT2D eigenvalue weighted by Crippen LogP contribution is -2.31. The van der Waals surface area contributed by atoms with E-state index < -0.39 is 0 Å². The normalized spacial score (nSPS) is 17.6. The zero-order valence-electron chi connectivity index (χ0n) is 12.9. The monoisotopic (exact) mass is 268 g/mol. The van der Waals surface area contributed by atoms with Crippen molar-refractivity contribution in [1.82, 2.24) is 4.90 Å². The molecule has 0 aromatic rings. The average molecular weight is 268 g/mol. The quantitative estimate of drug-likeness (QED) is 0.698. The molecule has 1 fully saturated rings. The maximum Gasteiger partial charge on any atom is 0.222 e. The van der Waals surface area contributed by atoms with E-state index in [0.29, 0.717) is 18.2 Å². The first-order valence-corrected chi connectivity index (χ1v) is 8.11. The van der Waals surface area contributed by atoms with Crippen molar-refractivity contribution in [1.29, 1.82) is 0 Å². The number of carbonyl (C=O) groups is 1. The third-order valence-electron chi connectivity index (χ3n) is 4.47. The molecule has 0 spiro atoms. The fraction of sp³-hybridized carbons (Fsp3) is 0.938. The fourth-order valence-electron chi connectivity index (χ4n) is 3.28. The van der Waals surface area contributed by atoms with Crippen molar-refractivity contribution in [2.24, 2.45) is 17.6 Å². The molecule has 112 valence electrons. The summed E-state index contributed by atoms with van der Waals surface area (Å²) in [5.74, 6) is 1.72. The van der Waals surface area contributed by atoms with Gasteiger partial charge in [-0.3, -0.25) is 4.79 Å². The SMILES string of the molecule is CCCC(CCN)CCC(=O)N(C)CC1CCCC1. The minimum absolute atomic E-state index is 0.324. The Morgan fingerprint density at radius 2 is 1.95 bits per heavy atom. The molecule has 1 amide bonds. The summed E-state index contributed by atoms with van der Waals surface area (Å²) in [4.78, 5) is 14.1. The van der Waals surface area contributed by atoms with E-state index in [2.05, 4.69) is 6.92 Å². The molecule has 2 N–H and O–H groups in total. The van der Waals surface area contributed by atoms with Crippen LogP contribution in [0.25, 0.3) is 0 Å². The number of nitrogens with zero attached hydrogens (tertiary/aromatic N) is 1. The van der Waals surface area contributed by atoms with Crippen LogP contribution < -0.4 is 5.73 Å². The van der Waals surface area contributed by atoms with Gasteiger partial charge in [-0.25, -0.2) is 0 Å². The predicted octanol–water partition coefficient (Wildman–Crippen LogP) is 3.18. The molecule has 0 bridgehead atoms. The second-order valence-corrected chi connectivity index (χ2v) is 6.20. The minimum Gasteiger partial charge on any atom is -0.345 e. The zero-order chi connectivity index (χ0) is 14.1. The van der Waals surface area contributed by atoms with Crippen LogP contribution in [0.2, 0.25) is 0 Å². The smallest absolute Gasteiger partial charge is 0.222 e. The van der Waals surface area contributed by atoms with Crippen LogP contribution in [-0.2, 0) is 4.79 Å². The molecular formula is C16H32N2O. The number of rotatable bonds is 9. The van der Waals surface area contributed by atoms with Gasteiger partial charge >= 0.3 is 0 Å². The lowest BCUT2D eigenvalue weighted by molar-refractivity contribution is -0.130. The van der Waals surface area contributed by atoms with Crippen LogP contribution in [0.5, 0.6) is 0 Å². The van der Waals surface area contributed by atoms with E-state index in [1.807, 2.05) is 11.9 Å². The van der Waals surface area contributed by atoms with Crippen LogP contribution >= 0.6 is 0 Å². The summed E-state index contributed by atoms with van der Waals surface area (Å²) in [5, 5.41) is 0. The Bertz CT molecular complexity index is 243. The Kier molecular flexibility index (Phi) is 8.11. The second kappa shape index (κ2) is 9.35. The fourth-order valence-corrected chi connectivity index (χ4v) is 3.28. The summed E-state index contributed by atoms with van der Waals surface area (Å²) in [6.45, 7) is 3.92. The predicted molar refractivity (Wildman–Crippen MR) is 80.9 cm³/mol. The van der Waals surface area contributed by atoms with E-state index in [1.165, 1.54) is 38.5 Å². The van der Waals surface area contributed by atoms with Gasteiger partial charge in [-0.05, 0) is 44.1 Å². The van der Waals surface area contributed by atoms with E-state index in [9.17, 15) is 4.79 Å². The zero-order valence-corrected chi connectivity index (χ0v) is 12.9. The molecule has 0 aromatic heterocycles. The first kappa shape index (κ1) is 16.5. The standard InChI is InChI=1S/C16H32N2O/c1-3-6-14(11-12-17)9-10-16(19)18(2)13-15-7-4-5-8-15/h14-15H,3-13,17H2,1-2H3. The molecule has 1 aliphatic carbocycles. The van der Waals surface area contributed by atoms with Gasteiger partial charge in [0.15, 0.2) is 0 Å². The van der Waals surface area contributed by atoms with Gasteiger partial charge in [-0.2, -0.15) is 0 Å². The Hall–Kier alpha value is -0.570. The van der Waals surface area contributed by atoms with E-state index in [-0.39, 0.29) is 0 Å². The molecule has 0 aromatic carbocycles. The lowest BCUT2D eigenvalue weighted by atomic mass is 9.94. The molecule has 19 heavy (non-hydrogen) atoms. The van der Waals surface area contributed by atoms with Gasteiger partial charge in [0.25, 0.3) is 0 Å². The number of carbonyl (C=O) groups excluding carboxylic acids is 1. The van der Waals surface area contributed by atoms with Crippen LogP contribution in [0, 0.1) is 11.8 Å². The van der Waals surface area contributed by atoms with Crippen LogP contribution in [0.4, 0.5) is 0 Å². The van der Waals surface area contributed by atoms with Crippen LogP contribution in [0.3, 0.4) is 0 Å². The highest BCUT2D eigenvalue weighted by Gasteiger charge is 2.19. The van der Waals surface area contributed by atoms with Crippen molar-refractivity contribution in [2.75, 3.05) is 20.1 Å². The van der Waals surface area contributed by atoms with Gasteiger partial charge in [0.1, 0.15) is 0 Å². The first-order valence-electron chi connectivity index (χ1n) is 8.11. The molecule has 1 atom stereocenters. The van der Waals surface area contributed by atoms with Gasteiger partial charge < -0.3 is 10.6 Å². The van der Waals surface area contributed by atoms with Gasteiger partial charge in [0, 0.05) is 20.0 Å². The highest BCUT2D eigenvalue weighted by molar-refractivity contribution is 5.75. The molecule has 0 heterocycles. The number of hydrogen-bond acceptors (Lipinski definition) is 2. The third-order valence-corrected chi connectivity index (χ3v) is 4.47.